The van der Waals surface area contributed by atoms with Gasteiger partial charge in [0.1, 0.15) is 12.2 Å². The maximum absolute atomic E-state index is 11.3. The highest BCUT2D eigenvalue weighted by Crippen LogP contribution is 1.96. The van der Waals surface area contributed by atoms with Gasteiger partial charge >= 0.3 is 6.03 Å². The van der Waals surface area contributed by atoms with Crippen molar-refractivity contribution in [3.8, 4) is 0 Å². The molecular formula is C10H18N6O. The summed E-state index contributed by atoms with van der Waals surface area (Å²) in [6, 6.07) is 0.0310. The van der Waals surface area contributed by atoms with Crippen molar-refractivity contribution in [1.29, 1.82) is 0 Å². The van der Waals surface area contributed by atoms with Gasteiger partial charge < -0.3 is 20.1 Å². The van der Waals surface area contributed by atoms with Crippen LogP contribution in [-0.4, -0.2) is 51.9 Å². The fourth-order valence-corrected chi connectivity index (χ4v) is 1.82. The number of hydrogen-bond acceptors (Lipinski definition) is 4. The molecule has 1 fully saturated rings. The van der Waals surface area contributed by atoms with E-state index in [9.17, 15) is 4.79 Å². The molecule has 0 spiro atoms. The summed E-state index contributed by atoms with van der Waals surface area (Å²) in [5.74, 6) is 0.929. The van der Waals surface area contributed by atoms with Gasteiger partial charge in [0.05, 0.1) is 6.54 Å². The molecule has 1 aliphatic rings. The molecule has 1 aliphatic heterocycles. The molecule has 1 aromatic heterocycles. The van der Waals surface area contributed by atoms with E-state index < -0.39 is 0 Å². The lowest BCUT2D eigenvalue weighted by molar-refractivity contribution is 0.217. The Balaban J connectivity index is 1.68. The molecule has 0 atom stereocenters. The van der Waals surface area contributed by atoms with Crippen LogP contribution in [0.15, 0.2) is 6.33 Å². The largest absolute Gasteiger partial charge is 0.336 e. The van der Waals surface area contributed by atoms with Gasteiger partial charge in [-0.2, -0.15) is 0 Å². The number of hydrogen-bond donors (Lipinski definition) is 2. The molecular weight excluding hydrogens is 220 g/mol. The quantitative estimate of drug-likeness (QED) is 0.650. The minimum absolute atomic E-state index is 0.0310. The third kappa shape index (κ3) is 2.94. The monoisotopic (exact) mass is 238 g/mol. The molecule has 0 bridgehead atoms. The van der Waals surface area contributed by atoms with Crippen LogP contribution in [0.4, 0.5) is 4.79 Å². The molecule has 2 rings (SSSR count). The first-order valence-corrected chi connectivity index (χ1v) is 5.91. The van der Waals surface area contributed by atoms with Crippen molar-refractivity contribution in [2.24, 2.45) is 0 Å². The topological polar surface area (TPSA) is 75.1 Å². The summed E-state index contributed by atoms with van der Waals surface area (Å²) in [5, 5.41) is 13.9. The molecule has 0 aromatic carbocycles. The summed E-state index contributed by atoms with van der Waals surface area (Å²) in [7, 11) is 0. The smallest absolute Gasteiger partial charge is 0.317 e. The number of amides is 2. The first-order valence-electron chi connectivity index (χ1n) is 5.91. The molecule has 1 saturated heterocycles. The van der Waals surface area contributed by atoms with Crippen molar-refractivity contribution in [1.82, 2.24) is 30.3 Å². The zero-order chi connectivity index (χ0) is 12.1. The molecule has 0 radical (unpaired) electrons. The second-order valence-corrected chi connectivity index (χ2v) is 3.93. The van der Waals surface area contributed by atoms with Gasteiger partial charge in [0.15, 0.2) is 0 Å². The molecule has 0 aliphatic carbocycles. The van der Waals surface area contributed by atoms with Crippen molar-refractivity contribution in [2.75, 3.05) is 26.2 Å². The van der Waals surface area contributed by atoms with Crippen molar-refractivity contribution >= 4 is 6.03 Å². The van der Waals surface area contributed by atoms with Crippen LogP contribution in [0.25, 0.3) is 0 Å². The Kier molecular flexibility index (Phi) is 3.92. The van der Waals surface area contributed by atoms with E-state index in [2.05, 4.69) is 27.8 Å². The number of urea groups is 1. The summed E-state index contributed by atoms with van der Waals surface area (Å²) in [4.78, 5) is 13.1. The molecule has 1 aromatic rings. The number of aromatic nitrogens is 3. The highest BCUT2D eigenvalue weighted by molar-refractivity contribution is 5.76. The van der Waals surface area contributed by atoms with E-state index in [-0.39, 0.29) is 6.03 Å². The first kappa shape index (κ1) is 11.8. The van der Waals surface area contributed by atoms with E-state index in [4.69, 9.17) is 0 Å². The van der Waals surface area contributed by atoms with Crippen LogP contribution in [0.5, 0.6) is 0 Å². The zero-order valence-electron chi connectivity index (χ0n) is 10.0. The zero-order valence-corrected chi connectivity index (χ0v) is 10.0. The third-order valence-electron chi connectivity index (χ3n) is 2.82. The number of carbonyl (C=O) groups excluding carboxylic acids is 1. The SMILES string of the molecule is CCn1cnnc1CNCCN1CCNC1=O. The maximum atomic E-state index is 11.3. The minimum Gasteiger partial charge on any atom is -0.336 e. The van der Waals surface area contributed by atoms with Gasteiger partial charge in [0, 0.05) is 32.7 Å². The summed E-state index contributed by atoms with van der Waals surface area (Å²) < 4.78 is 2.00. The van der Waals surface area contributed by atoms with Crippen LogP contribution >= 0.6 is 0 Å². The van der Waals surface area contributed by atoms with E-state index in [1.165, 1.54) is 0 Å². The van der Waals surface area contributed by atoms with E-state index in [0.29, 0.717) is 6.54 Å². The van der Waals surface area contributed by atoms with Gasteiger partial charge in [-0.15, -0.1) is 10.2 Å². The van der Waals surface area contributed by atoms with Crippen LogP contribution < -0.4 is 10.6 Å². The van der Waals surface area contributed by atoms with E-state index in [1.807, 2.05) is 4.57 Å². The average Bonchev–Trinajstić information content (AvgIpc) is 2.93. The molecule has 7 heteroatoms. The number of nitrogens with zero attached hydrogens (tertiary/aromatic N) is 4. The second kappa shape index (κ2) is 5.62. The first-order chi connectivity index (χ1) is 8.31. The second-order valence-electron chi connectivity index (χ2n) is 3.93. The van der Waals surface area contributed by atoms with Crippen LogP contribution in [0.2, 0.25) is 0 Å². The Hall–Kier alpha value is -1.63. The molecule has 0 saturated carbocycles. The van der Waals surface area contributed by atoms with Gasteiger partial charge in [-0.05, 0) is 6.92 Å². The summed E-state index contributed by atoms with van der Waals surface area (Å²) in [6.07, 6.45) is 1.73. The summed E-state index contributed by atoms with van der Waals surface area (Å²) in [6.45, 7) is 6.66. The predicted octanol–water partition coefficient (Wildman–Crippen LogP) is -0.587. The Bertz CT molecular complexity index is 377. The van der Waals surface area contributed by atoms with Crippen molar-refractivity contribution in [3.63, 3.8) is 0 Å². The van der Waals surface area contributed by atoms with E-state index in [0.717, 1.165) is 38.5 Å². The lowest BCUT2D eigenvalue weighted by atomic mass is 10.5. The van der Waals surface area contributed by atoms with Crippen molar-refractivity contribution in [3.05, 3.63) is 12.2 Å². The average molecular weight is 238 g/mol. The van der Waals surface area contributed by atoms with Crippen molar-refractivity contribution < 1.29 is 4.79 Å². The van der Waals surface area contributed by atoms with E-state index in [1.54, 1.807) is 11.2 Å². The Morgan fingerprint density at radius 3 is 3.18 bits per heavy atom. The highest BCUT2D eigenvalue weighted by Gasteiger charge is 2.18. The van der Waals surface area contributed by atoms with Gasteiger partial charge in [0.25, 0.3) is 0 Å². The minimum atomic E-state index is 0.0310. The van der Waals surface area contributed by atoms with Gasteiger partial charge in [-0.3, -0.25) is 0 Å². The highest BCUT2D eigenvalue weighted by atomic mass is 16.2. The van der Waals surface area contributed by atoms with E-state index >= 15 is 0 Å². The Morgan fingerprint density at radius 2 is 2.47 bits per heavy atom. The standard InChI is InChI=1S/C10H18N6O/c1-2-15-8-13-14-9(15)7-11-3-5-16-6-4-12-10(16)17/h8,11H,2-7H2,1H3,(H,12,17). The van der Waals surface area contributed by atoms with Gasteiger partial charge in [0.2, 0.25) is 0 Å². The molecule has 2 heterocycles. The maximum Gasteiger partial charge on any atom is 0.317 e. The fourth-order valence-electron chi connectivity index (χ4n) is 1.82. The molecule has 0 unspecified atom stereocenters. The fraction of sp³-hybridized carbons (Fsp3) is 0.700. The number of rotatable bonds is 6. The molecule has 2 N–H and O–H groups in total. The third-order valence-corrected chi connectivity index (χ3v) is 2.82. The lowest BCUT2D eigenvalue weighted by Gasteiger charge is -2.14. The number of aryl methyl sites for hydroxylation is 1. The van der Waals surface area contributed by atoms with Crippen LogP contribution in [0, 0.1) is 0 Å². The molecule has 7 nitrogen and oxygen atoms in total. The van der Waals surface area contributed by atoms with Crippen LogP contribution in [-0.2, 0) is 13.1 Å². The van der Waals surface area contributed by atoms with Crippen molar-refractivity contribution in [2.45, 2.75) is 20.0 Å². The Labute approximate surface area is 100 Å². The normalized spacial score (nSPS) is 15.4. The van der Waals surface area contributed by atoms with Gasteiger partial charge in [-0.25, -0.2) is 4.79 Å². The summed E-state index contributed by atoms with van der Waals surface area (Å²) in [5.41, 5.74) is 0. The molecule has 94 valence electrons. The summed E-state index contributed by atoms with van der Waals surface area (Å²) >= 11 is 0. The predicted molar refractivity (Wildman–Crippen MR) is 62.4 cm³/mol. The lowest BCUT2D eigenvalue weighted by Crippen LogP contribution is -2.34. The Morgan fingerprint density at radius 1 is 1.59 bits per heavy atom. The van der Waals surface area contributed by atoms with Crippen LogP contribution in [0.1, 0.15) is 12.7 Å². The number of nitrogens with one attached hydrogen (secondary N) is 2. The molecule has 2 amide bonds. The van der Waals surface area contributed by atoms with Crippen LogP contribution in [0.3, 0.4) is 0 Å². The van der Waals surface area contributed by atoms with Gasteiger partial charge in [-0.1, -0.05) is 0 Å². The molecule has 17 heavy (non-hydrogen) atoms. The number of carbonyl (C=O) groups is 1.